The maximum atomic E-state index is 6.28. The molecule has 228 valence electrons. The van der Waals surface area contributed by atoms with Crippen molar-refractivity contribution in [3.63, 3.8) is 0 Å². The highest BCUT2D eigenvalue weighted by molar-refractivity contribution is 6.23. The fourth-order valence-electron chi connectivity index (χ4n) is 7.10. The summed E-state index contributed by atoms with van der Waals surface area (Å²) in [5.74, 6) is 1.76. The van der Waals surface area contributed by atoms with Gasteiger partial charge in [0.25, 0.3) is 0 Å². The number of pyridine rings is 1. The number of benzene rings is 7. The maximum Gasteiger partial charge on any atom is 0.164 e. The number of aromatic nitrogens is 4. The van der Waals surface area contributed by atoms with Gasteiger partial charge in [0.1, 0.15) is 11.2 Å². The highest BCUT2D eigenvalue weighted by atomic mass is 16.3. The van der Waals surface area contributed by atoms with E-state index in [9.17, 15) is 0 Å². The van der Waals surface area contributed by atoms with Crippen molar-refractivity contribution >= 4 is 54.4 Å². The third kappa shape index (κ3) is 4.48. The normalized spacial score (nSPS) is 11.7. The van der Waals surface area contributed by atoms with Crippen LogP contribution in [0.4, 0.5) is 0 Å². The molecule has 0 aliphatic rings. The van der Waals surface area contributed by atoms with Crippen LogP contribution in [0.5, 0.6) is 0 Å². The van der Waals surface area contributed by atoms with Crippen LogP contribution in [0.1, 0.15) is 0 Å². The van der Waals surface area contributed by atoms with Gasteiger partial charge in [0.15, 0.2) is 17.5 Å². The molecule has 3 aromatic heterocycles. The molecule has 5 heteroatoms. The zero-order chi connectivity index (χ0) is 32.3. The molecule has 0 amide bonds. The van der Waals surface area contributed by atoms with Gasteiger partial charge in [0, 0.05) is 39.0 Å². The van der Waals surface area contributed by atoms with Crippen LogP contribution in [-0.2, 0) is 0 Å². The van der Waals surface area contributed by atoms with Gasteiger partial charge in [0.2, 0.25) is 0 Å². The number of para-hydroxylation sites is 1. The van der Waals surface area contributed by atoms with E-state index in [4.69, 9.17) is 24.4 Å². The highest BCUT2D eigenvalue weighted by Gasteiger charge is 2.20. The van der Waals surface area contributed by atoms with E-state index in [1.807, 2.05) is 48.7 Å². The van der Waals surface area contributed by atoms with Gasteiger partial charge in [-0.25, -0.2) is 15.0 Å². The number of hydrogen-bond donors (Lipinski definition) is 0. The molecule has 0 spiro atoms. The molecule has 0 N–H and O–H groups in total. The molecule has 0 unspecified atom stereocenters. The van der Waals surface area contributed by atoms with E-state index in [1.165, 1.54) is 10.8 Å². The number of furan rings is 1. The highest BCUT2D eigenvalue weighted by Crippen LogP contribution is 2.39. The molecule has 0 aliphatic heterocycles. The second kappa shape index (κ2) is 10.9. The minimum Gasteiger partial charge on any atom is -0.456 e. The zero-order valence-corrected chi connectivity index (χ0v) is 26.2. The molecular formula is C44H26N4O. The molecule has 0 radical (unpaired) electrons. The van der Waals surface area contributed by atoms with Gasteiger partial charge in [0.05, 0.1) is 5.52 Å². The summed E-state index contributed by atoms with van der Waals surface area (Å²) in [7, 11) is 0. The average Bonchev–Trinajstić information content (AvgIpc) is 3.57. The predicted octanol–water partition coefficient (Wildman–Crippen LogP) is 11.3. The molecular weight excluding hydrogens is 601 g/mol. The molecule has 0 saturated carbocycles. The Morgan fingerprint density at radius 3 is 1.94 bits per heavy atom. The molecule has 10 aromatic rings. The quantitative estimate of drug-likeness (QED) is 0.182. The maximum absolute atomic E-state index is 6.28. The van der Waals surface area contributed by atoms with Crippen LogP contribution in [0.15, 0.2) is 162 Å². The van der Waals surface area contributed by atoms with Crippen molar-refractivity contribution in [2.45, 2.75) is 0 Å². The van der Waals surface area contributed by atoms with Gasteiger partial charge in [-0.2, -0.15) is 0 Å². The first-order valence-electron chi connectivity index (χ1n) is 16.3. The summed E-state index contributed by atoms with van der Waals surface area (Å²) in [6, 6.07) is 52.1. The van der Waals surface area contributed by atoms with E-state index in [2.05, 4.69) is 109 Å². The molecule has 49 heavy (non-hydrogen) atoms. The van der Waals surface area contributed by atoms with Crippen molar-refractivity contribution in [1.29, 1.82) is 0 Å². The monoisotopic (exact) mass is 626 g/mol. The summed E-state index contributed by atoms with van der Waals surface area (Å²) in [4.78, 5) is 20.5. The Morgan fingerprint density at radius 2 is 1.04 bits per heavy atom. The van der Waals surface area contributed by atoms with E-state index in [1.54, 1.807) is 0 Å². The Morgan fingerprint density at radius 1 is 0.388 bits per heavy atom. The van der Waals surface area contributed by atoms with Crippen LogP contribution < -0.4 is 0 Å². The smallest absolute Gasteiger partial charge is 0.164 e. The number of nitrogens with zero attached hydrogens (tertiary/aromatic N) is 4. The molecule has 0 fully saturated rings. The van der Waals surface area contributed by atoms with Crippen LogP contribution in [0, 0.1) is 0 Å². The van der Waals surface area contributed by atoms with Crippen molar-refractivity contribution in [3.05, 3.63) is 158 Å². The SMILES string of the molecule is c1ccc(-c2cccc(-c3nc(-c4cccc5oc6ccccc6c45)nc(-c4ccnc5ccc6ccc7ccccc7c6c45)n3)c2)cc1. The van der Waals surface area contributed by atoms with Crippen molar-refractivity contribution < 1.29 is 4.42 Å². The lowest BCUT2D eigenvalue weighted by Crippen LogP contribution is -2.01. The summed E-state index contributed by atoms with van der Waals surface area (Å²) < 4.78 is 6.28. The number of fused-ring (bicyclic) bond motifs is 8. The molecule has 0 aliphatic carbocycles. The third-order valence-corrected chi connectivity index (χ3v) is 9.36. The van der Waals surface area contributed by atoms with E-state index in [0.717, 1.165) is 71.4 Å². The van der Waals surface area contributed by atoms with Crippen molar-refractivity contribution in [2.75, 3.05) is 0 Å². The molecule has 7 aromatic carbocycles. The molecule has 3 heterocycles. The fourth-order valence-corrected chi connectivity index (χ4v) is 7.10. The molecule has 10 rings (SSSR count). The van der Waals surface area contributed by atoms with Gasteiger partial charge < -0.3 is 4.42 Å². The second-order valence-corrected chi connectivity index (χ2v) is 12.2. The van der Waals surface area contributed by atoms with Crippen LogP contribution in [0.25, 0.3) is 99.7 Å². The Balaban J connectivity index is 1.29. The van der Waals surface area contributed by atoms with E-state index >= 15 is 0 Å². The van der Waals surface area contributed by atoms with Crippen molar-refractivity contribution in [3.8, 4) is 45.3 Å². The van der Waals surface area contributed by atoms with E-state index in [0.29, 0.717) is 17.5 Å². The molecule has 0 bridgehead atoms. The Labute approximate surface area is 281 Å². The minimum atomic E-state index is 0.581. The lowest BCUT2D eigenvalue weighted by atomic mass is 9.95. The summed E-state index contributed by atoms with van der Waals surface area (Å²) >= 11 is 0. The van der Waals surface area contributed by atoms with Crippen molar-refractivity contribution in [2.24, 2.45) is 0 Å². The van der Waals surface area contributed by atoms with Gasteiger partial charge >= 0.3 is 0 Å². The average molecular weight is 627 g/mol. The number of rotatable bonds is 4. The van der Waals surface area contributed by atoms with Crippen LogP contribution in [0.2, 0.25) is 0 Å². The van der Waals surface area contributed by atoms with Crippen LogP contribution in [0.3, 0.4) is 0 Å². The van der Waals surface area contributed by atoms with E-state index in [-0.39, 0.29) is 0 Å². The largest absolute Gasteiger partial charge is 0.456 e. The fraction of sp³-hybridized carbons (Fsp3) is 0. The standard InChI is InChI=1S/C44H26N4O/c1-2-10-27(11-3-1)30-13-8-14-31(26-30)42-46-43(34-17-9-19-38-40(34)33-16-6-7-18-37(33)49-38)48-44(47-42)35-24-25-45-36-23-22-29-21-20-28-12-4-5-15-32(28)39(29)41(35)36/h1-26H. The first kappa shape index (κ1) is 27.4. The Bertz CT molecular complexity index is 2890. The van der Waals surface area contributed by atoms with Crippen LogP contribution >= 0.6 is 0 Å². The first-order chi connectivity index (χ1) is 24.3. The zero-order valence-electron chi connectivity index (χ0n) is 26.2. The van der Waals surface area contributed by atoms with E-state index < -0.39 is 0 Å². The van der Waals surface area contributed by atoms with Gasteiger partial charge in [-0.15, -0.1) is 0 Å². The number of hydrogen-bond acceptors (Lipinski definition) is 5. The Hall–Kier alpha value is -6.72. The summed E-state index contributed by atoms with van der Waals surface area (Å²) in [6.45, 7) is 0. The van der Waals surface area contributed by atoms with Gasteiger partial charge in [-0.05, 0) is 63.0 Å². The minimum absolute atomic E-state index is 0.581. The summed E-state index contributed by atoms with van der Waals surface area (Å²) in [5.41, 5.74) is 7.43. The summed E-state index contributed by atoms with van der Waals surface area (Å²) in [6.07, 6.45) is 1.85. The van der Waals surface area contributed by atoms with Crippen LogP contribution in [-0.4, -0.2) is 19.9 Å². The van der Waals surface area contributed by atoms with Gasteiger partial charge in [-0.3, -0.25) is 4.98 Å². The Kier molecular flexibility index (Phi) is 6.11. The first-order valence-corrected chi connectivity index (χ1v) is 16.3. The topological polar surface area (TPSA) is 64.7 Å². The lowest BCUT2D eigenvalue weighted by molar-refractivity contribution is 0.669. The molecule has 0 saturated heterocycles. The summed E-state index contributed by atoms with van der Waals surface area (Å²) in [5, 5.41) is 7.64. The second-order valence-electron chi connectivity index (χ2n) is 12.2. The lowest BCUT2D eigenvalue weighted by Gasteiger charge is -2.13. The predicted molar refractivity (Wildman–Crippen MR) is 199 cm³/mol. The van der Waals surface area contributed by atoms with Gasteiger partial charge in [-0.1, -0.05) is 121 Å². The third-order valence-electron chi connectivity index (χ3n) is 9.36. The van der Waals surface area contributed by atoms with Crippen molar-refractivity contribution in [1.82, 2.24) is 19.9 Å². The molecule has 0 atom stereocenters. The molecule has 5 nitrogen and oxygen atoms in total.